The number of nitrogens with one attached hydrogen (secondary N) is 2. The van der Waals surface area contributed by atoms with Crippen molar-refractivity contribution in [3.05, 3.63) is 36.2 Å². The molecule has 2 heterocycles. The van der Waals surface area contributed by atoms with Crippen molar-refractivity contribution in [2.24, 2.45) is 0 Å². The van der Waals surface area contributed by atoms with Crippen molar-refractivity contribution in [2.45, 2.75) is 26.2 Å². The molecule has 0 saturated carbocycles. The van der Waals surface area contributed by atoms with Crippen LogP contribution in [0.3, 0.4) is 0 Å². The second kappa shape index (κ2) is 4.56. The normalized spacial score (nSPS) is 11.3. The molecule has 0 atom stereocenters. The molecular formula is C12H15N5O. The SMILES string of the molecule is CC(C)(C)c1nc(C(=O)Nc2ccncc2)n[nH]1. The Morgan fingerprint density at radius 2 is 1.94 bits per heavy atom. The summed E-state index contributed by atoms with van der Waals surface area (Å²) in [6.07, 6.45) is 3.21. The summed E-state index contributed by atoms with van der Waals surface area (Å²) in [6.45, 7) is 5.99. The predicted molar refractivity (Wildman–Crippen MR) is 67.3 cm³/mol. The molecule has 0 fully saturated rings. The highest BCUT2D eigenvalue weighted by Crippen LogP contribution is 2.17. The lowest BCUT2D eigenvalue weighted by Gasteiger charge is -2.12. The molecule has 0 radical (unpaired) electrons. The largest absolute Gasteiger partial charge is 0.319 e. The van der Waals surface area contributed by atoms with Crippen LogP contribution in [0.15, 0.2) is 24.5 Å². The summed E-state index contributed by atoms with van der Waals surface area (Å²) in [6, 6.07) is 3.41. The van der Waals surface area contributed by atoms with Crippen LogP contribution < -0.4 is 5.32 Å². The molecular weight excluding hydrogens is 230 g/mol. The number of anilines is 1. The van der Waals surface area contributed by atoms with Crippen LogP contribution in [0, 0.1) is 0 Å². The minimum Gasteiger partial charge on any atom is -0.319 e. The van der Waals surface area contributed by atoms with Gasteiger partial charge in [0.1, 0.15) is 5.82 Å². The van der Waals surface area contributed by atoms with Gasteiger partial charge in [-0.2, -0.15) is 0 Å². The van der Waals surface area contributed by atoms with E-state index in [0.717, 1.165) is 0 Å². The number of rotatable bonds is 2. The van der Waals surface area contributed by atoms with E-state index in [9.17, 15) is 4.79 Å². The second-order valence-corrected chi connectivity index (χ2v) is 4.95. The predicted octanol–water partition coefficient (Wildman–Crippen LogP) is 1.75. The van der Waals surface area contributed by atoms with Crippen LogP contribution in [0.5, 0.6) is 0 Å². The van der Waals surface area contributed by atoms with Gasteiger partial charge in [-0.15, -0.1) is 5.10 Å². The van der Waals surface area contributed by atoms with E-state index in [1.54, 1.807) is 24.5 Å². The first-order valence-electron chi connectivity index (χ1n) is 5.61. The van der Waals surface area contributed by atoms with Crippen molar-refractivity contribution in [1.29, 1.82) is 0 Å². The zero-order chi connectivity index (χ0) is 13.2. The Balaban J connectivity index is 2.13. The van der Waals surface area contributed by atoms with Gasteiger partial charge in [0.15, 0.2) is 0 Å². The van der Waals surface area contributed by atoms with Crippen LogP contribution in [0.1, 0.15) is 37.2 Å². The van der Waals surface area contributed by atoms with Gasteiger partial charge < -0.3 is 5.32 Å². The van der Waals surface area contributed by atoms with E-state index in [-0.39, 0.29) is 17.1 Å². The summed E-state index contributed by atoms with van der Waals surface area (Å²) in [4.78, 5) is 19.9. The van der Waals surface area contributed by atoms with Gasteiger partial charge in [-0.25, -0.2) is 4.98 Å². The first-order valence-corrected chi connectivity index (χ1v) is 5.61. The maximum absolute atomic E-state index is 11.9. The number of carbonyl (C=O) groups is 1. The molecule has 0 aliphatic rings. The number of H-pyrrole nitrogens is 1. The molecule has 2 N–H and O–H groups in total. The molecule has 0 aliphatic heterocycles. The van der Waals surface area contributed by atoms with E-state index in [2.05, 4.69) is 25.5 Å². The summed E-state index contributed by atoms with van der Waals surface area (Å²) in [5.74, 6) is 0.479. The lowest BCUT2D eigenvalue weighted by Crippen LogP contribution is -2.16. The molecule has 0 spiro atoms. The van der Waals surface area contributed by atoms with Crippen LogP contribution in [0.25, 0.3) is 0 Å². The lowest BCUT2D eigenvalue weighted by atomic mass is 9.96. The second-order valence-electron chi connectivity index (χ2n) is 4.95. The summed E-state index contributed by atoms with van der Waals surface area (Å²) >= 11 is 0. The van der Waals surface area contributed by atoms with E-state index in [4.69, 9.17) is 0 Å². The summed E-state index contributed by atoms with van der Waals surface area (Å²) in [5, 5.41) is 9.39. The number of aromatic nitrogens is 4. The van der Waals surface area contributed by atoms with Crippen LogP contribution in [-0.4, -0.2) is 26.1 Å². The number of carbonyl (C=O) groups excluding carboxylic acids is 1. The highest BCUT2D eigenvalue weighted by Gasteiger charge is 2.21. The molecule has 2 aromatic rings. The summed E-state index contributed by atoms with van der Waals surface area (Å²) < 4.78 is 0. The number of nitrogens with zero attached hydrogens (tertiary/aromatic N) is 3. The van der Waals surface area contributed by atoms with Crippen molar-refractivity contribution < 1.29 is 4.79 Å². The smallest absolute Gasteiger partial charge is 0.295 e. The highest BCUT2D eigenvalue weighted by molar-refractivity contribution is 6.01. The summed E-state index contributed by atoms with van der Waals surface area (Å²) in [7, 11) is 0. The Hall–Kier alpha value is -2.24. The van der Waals surface area contributed by atoms with Crippen molar-refractivity contribution >= 4 is 11.6 Å². The van der Waals surface area contributed by atoms with Gasteiger partial charge in [0.25, 0.3) is 5.91 Å². The third kappa shape index (κ3) is 2.71. The maximum atomic E-state index is 11.9. The Labute approximate surface area is 105 Å². The zero-order valence-electron chi connectivity index (χ0n) is 10.6. The molecule has 0 aliphatic carbocycles. The highest BCUT2D eigenvalue weighted by atomic mass is 16.2. The van der Waals surface area contributed by atoms with E-state index in [0.29, 0.717) is 11.5 Å². The minimum atomic E-state index is -0.340. The number of aromatic amines is 1. The van der Waals surface area contributed by atoms with Crippen LogP contribution in [-0.2, 0) is 5.41 Å². The fraction of sp³-hybridized carbons (Fsp3) is 0.333. The Bertz CT molecular complexity index is 541. The monoisotopic (exact) mass is 245 g/mol. The van der Waals surface area contributed by atoms with E-state index < -0.39 is 0 Å². The van der Waals surface area contributed by atoms with Gasteiger partial charge in [-0.1, -0.05) is 20.8 Å². The standard InChI is InChI=1S/C12H15N5O/c1-12(2,3)11-15-9(16-17-11)10(18)14-8-4-6-13-7-5-8/h4-7H,1-3H3,(H,13,14,18)(H,15,16,17). The quantitative estimate of drug-likeness (QED) is 0.844. The molecule has 1 amide bonds. The average molecular weight is 245 g/mol. The van der Waals surface area contributed by atoms with Crippen molar-refractivity contribution in [3.63, 3.8) is 0 Å². The summed E-state index contributed by atoms with van der Waals surface area (Å²) in [5.41, 5.74) is 0.500. The Kier molecular flexibility index (Phi) is 3.10. The topological polar surface area (TPSA) is 83.6 Å². The number of hydrogen-bond acceptors (Lipinski definition) is 4. The van der Waals surface area contributed by atoms with Gasteiger partial charge in [-0.05, 0) is 12.1 Å². The molecule has 0 aromatic carbocycles. The molecule has 0 saturated heterocycles. The van der Waals surface area contributed by atoms with Crippen molar-refractivity contribution in [3.8, 4) is 0 Å². The maximum Gasteiger partial charge on any atom is 0.295 e. The molecule has 18 heavy (non-hydrogen) atoms. The Morgan fingerprint density at radius 3 is 2.50 bits per heavy atom. The number of hydrogen-bond donors (Lipinski definition) is 2. The third-order valence-corrected chi connectivity index (χ3v) is 2.34. The van der Waals surface area contributed by atoms with Crippen LogP contribution in [0.4, 0.5) is 5.69 Å². The molecule has 6 nitrogen and oxygen atoms in total. The minimum absolute atomic E-state index is 0.136. The molecule has 2 aromatic heterocycles. The fourth-order valence-electron chi connectivity index (χ4n) is 1.32. The average Bonchev–Trinajstić information content (AvgIpc) is 2.79. The first-order chi connectivity index (χ1) is 8.47. The van der Waals surface area contributed by atoms with Gasteiger partial charge in [0.05, 0.1) is 0 Å². The van der Waals surface area contributed by atoms with Crippen molar-refractivity contribution in [1.82, 2.24) is 20.2 Å². The van der Waals surface area contributed by atoms with Gasteiger partial charge >= 0.3 is 0 Å². The van der Waals surface area contributed by atoms with Crippen molar-refractivity contribution in [2.75, 3.05) is 5.32 Å². The van der Waals surface area contributed by atoms with E-state index in [1.807, 2.05) is 20.8 Å². The zero-order valence-corrected chi connectivity index (χ0v) is 10.6. The van der Waals surface area contributed by atoms with Gasteiger partial charge in [0.2, 0.25) is 5.82 Å². The molecule has 94 valence electrons. The molecule has 0 bridgehead atoms. The molecule has 0 unspecified atom stereocenters. The van der Waals surface area contributed by atoms with E-state index >= 15 is 0 Å². The number of amides is 1. The Morgan fingerprint density at radius 1 is 1.28 bits per heavy atom. The van der Waals surface area contributed by atoms with Gasteiger partial charge in [-0.3, -0.25) is 14.9 Å². The fourth-order valence-corrected chi connectivity index (χ4v) is 1.32. The van der Waals surface area contributed by atoms with Gasteiger partial charge in [0, 0.05) is 23.5 Å². The number of pyridine rings is 1. The van der Waals surface area contributed by atoms with Crippen LogP contribution in [0.2, 0.25) is 0 Å². The first kappa shape index (κ1) is 12.2. The lowest BCUT2D eigenvalue weighted by molar-refractivity contribution is 0.101. The third-order valence-electron chi connectivity index (χ3n) is 2.34. The van der Waals surface area contributed by atoms with Crippen LogP contribution >= 0.6 is 0 Å². The molecule has 2 rings (SSSR count). The molecule has 6 heteroatoms. The van der Waals surface area contributed by atoms with E-state index in [1.165, 1.54) is 0 Å².